The lowest BCUT2D eigenvalue weighted by molar-refractivity contribution is 0.0954. The Kier molecular flexibility index (Phi) is 4.19. The second kappa shape index (κ2) is 6.43. The summed E-state index contributed by atoms with van der Waals surface area (Å²) in [5.74, 6) is 1.81. The minimum atomic E-state index is -0.187. The van der Waals surface area contributed by atoms with Gasteiger partial charge in [0.1, 0.15) is 23.4 Å². The summed E-state index contributed by atoms with van der Waals surface area (Å²) in [6, 6.07) is 3.50. The third-order valence-corrected chi connectivity index (χ3v) is 3.89. The number of H-pyrrole nitrogens is 1. The van der Waals surface area contributed by atoms with Crippen LogP contribution in [-0.4, -0.2) is 32.2 Å². The molecule has 2 aromatic heterocycles. The number of aryl methyl sites for hydroxylation is 1. The Balaban J connectivity index is 1.56. The molecule has 0 spiro atoms. The van der Waals surface area contributed by atoms with Crippen molar-refractivity contribution in [3.63, 3.8) is 0 Å². The largest absolute Gasteiger partial charge is 0.352 e. The lowest BCUT2D eigenvalue weighted by atomic mass is 10.2. The highest BCUT2D eigenvalue weighted by molar-refractivity contribution is 5.94. The van der Waals surface area contributed by atoms with Gasteiger partial charge in [0.2, 0.25) is 0 Å². The smallest absolute Gasteiger partial charge is 0.252 e. The van der Waals surface area contributed by atoms with E-state index in [0.29, 0.717) is 24.2 Å². The number of amides is 1. The second-order valence-corrected chi connectivity index (χ2v) is 5.41. The summed E-state index contributed by atoms with van der Waals surface area (Å²) < 4.78 is 2.18. The van der Waals surface area contributed by atoms with Crippen LogP contribution in [0.1, 0.15) is 47.0 Å². The zero-order valence-corrected chi connectivity index (χ0v) is 12.3. The summed E-state index contributed by atoms with van der Waals surface area (Å²) in [5.41, 5.74) is 0.851. The third kappa shape index (κ3) is 3.01. The van der Waals surface area contributed by atoms with E-state index >= 15 is 0 Å². The Bertz CT molecular complexity index is 708. The Morgan fingerprint density at radius 2 is 2.32 bits per heavy atom. The molecule has 2 aromatic rings. The first kappa shape index (κ1) is 14.3. The van der Waals surface area contributed by atoms with Gasteiger partial charge in [-0.1, -0.05) is 6.42 Å². The lowest BCUT2D eigenvalue weighted by Gasteiger charge is -2.07. The summed E-state index contributed by atoms with van der Waals surface area (Å²) in [6.07, 6.45) is 6.74. The predicted molar refractivity (Wildman–Crippen MR) is 79.1 cm³/mol. The first-order chi connectivity index (χ1) is 10.8. The molecule has 0 saturated heterocycles. The number of aromatic amines is 1. The van der Waals surface area contributed by atoms with Crippen LogP contribution in [0.15, 0.2) is 12.3 Å². The van der Waals surface area contributed by atoms with Crippen LogP contribution in [0.5, 0.6) is 0 Å². The van der Waals surface area contributed by atoms with E-state index in [1.807, 2.05) is 6.07 Å². The van der Waals surface area contributed by atoms with Gasteiger partial charge in [0, 0.05) is 32.1 Å². The number of carbonyl (C=O) groups is 1. The van der Waals surface area contributed by atoms with Crippen molar-refractivity contribution in [1.82, 2.24) is 25.1 Å². The van der Waals surface area contributed by atoms with Gasteiger partial charge in [-0.15, -0.1) is 10.2 Å². The zero-order chi connectivity index (χ0) is 15.4. The number of rotatable bonds is 4. The highest BCUT2D eigenvalue weighted by Crippen LogP contribution is 2.14. The van der Waals surface area contributed by atoms with Gasteiger partial charge in [0.25, 0.3) is 5.91 Å². The van der Waals surface area contributed by atoms with Crippen molar-refractivity contribution in [1.29, 1.82) is 5.26 Å². The first-order valence-electron chi connectivity index (χ1n) is 7.55. The molecule has 0 radical (unpaired) electrons. The molecule has 0 aromatic carbocycles. The van der Waals surface area contributed by atoms with E-state index in [-0.39, 0.29) is 5.91 Å². The number of hydrogen-bond donors (Lipinski definition) is 2. The zero-order valence-electron chi connectivity index (χ0n) is 12.3. The number of nitriles is 1. The van der Waals surface area contributed by atoms with Crippen molar-refractivity contribution in [2.75, 3.05) is 6.54 Å². The van der Waals surface area contributed by atoms with Gasteiger partial charge >= 0.3 is 0 Å². The Hall–Kier alpha value is -2.62. The molecule has 0 aliphatic carbocycles. The normalized spacial score (nSPS) is 14.0. The van der Waals surface area contributed by atoms with Crippen LogP contribution in [0.3, 0.4) is 0 Å². The predicted octanol–water partition coefficient (Wildman–Crippen LogP) is 1.18. The van der Waals surface area contributed by atoms with Crippen molar-refractivity contribution in [2.45, 2.75) is 38.6 Å². The van der Waals surface area contributed by atoms with Crippen molar-refractivity contribution in [3.8, 4) is 6.07 Å². The van der Waals surface area contributed by atoms with Gasteiger partial charge in [-0.25, -0.2) is 0 Å². The molecule has 2 N–H and O–H groups in total. The summed E-state index contributed by atoms with van der Waals surface area (Å²) >= 11 is 0. The molecule has 3 heterocycles. The lowest BCUT2D eigenvalue weighted by Crippen LogP contribution is -2.26. The Morgan fingerprint density at radius 3 is 3.14 bits per heavy atom. The molecule has 0 bridgehead atoms. The summed E-state index contributed by atoms with van der Waals surface area (Å²) in [5, 5.41) is 20.1. The van der Waals surface area contributed by atoms with E-state index in [4.69, 9.17) is 5.26 Å². The van der Waals surface area contributed by atoms with Crippen LogP contribution < -0.4 is 5.32 Å². The summed E-state index contributed by atoms with van der Waals surface area (Å²) in [4.78, 5) is 14.7. The molecule has 22 heavy (non-hydrogen) atoms. The van der Waals surface area contributed by atoms with Crippen LogP contribution in [0, 0.1) is 11.3 Å². The van der Waals surface area contributed by atoms with E-state index in [9.17, 15) is 4.79 Å². The molecule has 7 nitrogen and oxygen atoms in total. The third-order valence-electron chi connectivity index (χ3n) is 3.89. The minimum Gasteiger partial charge on any atom is -0.352 e. The molecule has 0 unspecified atom stereocenters. The van der Waals surface area contributed by atoms with Crippen molar-refractivity contribution in [2.24, 2.45) is 0 Å². The van der Waals surface area contributed by atoms with Gasteiger partial charge in [-0.05, 0) is 18.9 Å². The van der Waals surface area contributed by atoms with Gasteiger partial charge in [-0.3, -0.25) is 4.79 Å². The van der Waals surface area contributed by atoms with Crippen molar-refractivity contribution in [3.05, 3.63) is 35.2 Å². The first-order valence-corrected chi connectivity index (χ1v) is 7.55. The molecular formula is C15H18N6O. The molecule has 3 rings (SSSR count). The number of carbonyl (C=O) groups excluding carboxylic acids is 1. The maximum Gasteiger partial charge on any atom is 0.252 e. The van der Waals surface area contributed by atoms with Gasteiger partial charge in [0.15, 0.2) is 0 Å². The maximum absolute atomic E-state index is 12.0. The van der Waals surface area contributed by atoms with E-state index in [0.717, 1.165) is 31.0 Å². The fourth-order valence-corrected chi connectivity index (χ4v) is 2.71. The van der Waals surface area contributed by atoms with Crippen LogP contribution in [-0.2, 0) is 19.4 Å². The second-order valence-electron chi connectivity index (χ2n) is 5.41. The highest BCUT2D eigenvalue weighted by Gasteiger charge is 2.15. The van der Waals surface area contributed by atoms with Crippen LogP contribution in [0.2, 0.25) is 0 Å². The van der Waals surface area contributed by atoms with Crippen molar-refractivity contribution >= 4 is 5.91 Å². The highest BCUT2D eigenvalue weighted by atomic mass is 16.1. The standard InChI is InChI=1S/C15H18N6O/c16-9-12-8-11(10-18-12)15(22)17-6-5-14-20-19-13-4-2-1-3-7-21(13)14/h8,10,18H,1-7H2,(H,17,22). The summed E-state index contributed by atoms with van der Waals surface area (Å²) in [6.45, 7) is 1.47. The number of hydrogen-bond acceptors (Lipinski definition) is 4. The van der Waals surface area contributed by atoms with Gasteiger partial charge in [0.05, 0.1) is 5.56 Å². The Morgan fingerprint density at radius 1 is 1.41 bits per heavy atom. The average molecular weight is 298 g/mol. The molecule has 0 fully saturated rings. The average Bonchev–Trinajstić information content (AvgIpc) is 3.09. The Labute approximate surface area is 128 Å². The maximum atomic E-state index is 12.0. The number of nitrogens with one attached hydrogen (secondary N) is 2. The number of nitrogens with zero attached hydrogens (tertiary/aromatic N) is 4. The minimum absolute atomic E-state index is 0.187. The van der Waals surface area contributed by atoms with Crippen LogP contribution in [0.4, 0.5) is 0 Å². The monoisotopic (exact) mass is 298 g/mol. The number of fused-ring (bicyclic) bond motifs is 1. The molecule has 1 amide bonds. The molecule has 0 atom stereocenters. The molecule has 7 heteroatoms. The fraction of sp³-hybridized carbons (Fsp3) is 0.467. The fourth-order valence-electron chi connectivity index (χ4n) is 2.71. The van der Waals surface area contributed by atoms with E-state index in [2.05, 4.69) is 25.1 Å². The van der Waals surface area contributed by atoms with Crippen molar-refractivity contribution < 1.29 is 4.79 Å². The number of aromatic nitrogens is 4. The molecule has 0 saturated carbocycles. The molecule has 114 valence electrons. The summed E-state index contributed by atoms with van der Waals surface area (Å²) in [7, 11) is 0. The van der Waals surface area contributed by atoms with Gasteiger partial charge < -0.3 is 14.9 Å². The van der Waals surface area contributed by atoms with E-state index in [1.165, 1.54) is 19.0 Å². The van der Waals surface area contributed by atoms with Gasteiger partial charge in [-0.2, -0.15) is 5.26 Å². The SMILES string of the molecule is N#Cc1cc(C(=O)NCCc2nnc3n2CCCCC3)c[nH]1. The molecular weight excluding hydrogens is 280 g/mol. The molecule has 1 aliphatic rings. The van der Waals surface area contributed by atoms with E-state index < -0.39 is 0 Å². The van der Waals surface area contributed by atoms with Crippen LogP contribution >= 0.6 is 0 Å². The topological polar surface area (TPSA) is 99.4 Å². The molecule has 1 aliphatic heterocycles. The van der Waals surface area contributed by atoms with E-state index in [1.54, 1.807) is 6.07 Å². The van der Waals surface area contributed by atoms with Crippen LogP contribution in [0.25, 0.3) is 0 Å². The quantitative estimate of drug-likeness (QED) is 0.885.